The Kier molecular flexibility index (Phi) is 27.5. The van der Waals surface area contributed by atoms with Crippen LogP contribution in [0.3, 0.4) is 0 Å². The molecule has 2 aromatic rings. The van der Waals surface area contributed by atoms with Crippen LogP contribution in [0.25, 0.3) is 10.8 Å². The van der Waals surface area contributed by atoms with Gasteiger partial charge >= 0.3 is 11.9 Å². The Labute approximate surface area is 238 Å². The molecule has 1 aliphatic rings. The van der Waals surface area contributed by atoms with Crippen molar-refractivity contribution in [1.29, 1.82) is 0 Å². The van der Waals surface area contributed by atoms with Gasteiger partial charge < -0.3 is 9.47 Å². The lowest BCUT2D eigenvalue weighted by Crippen LogP contribution is -2.12. The fourth-order valence-electron chi connectivity index (χ4n) is 2.82. The van der Waals surface area contributed by atoms with Crippen LogP contribution in [0.4, 0.5) is 0 Å². The first-order valence-corrected chi connectivity index (χ1v) is 14.1. The number of benzene rings is 2. The molecule has 0 atom stereocenters. The number of allylic oxidation sites excluding steroid dienone is 6. The molecule has 0 fully saturated rings. The van der Waals surface area contributed by atoms with Crippen LogP contribution in [0, 0.1) is 0 Å². The summed E-state index contributed by atoms with van der Waals surface area (Å²) in [7, 11) is 0. The average Bonchev–Trinajstić information content (AvgIpc) is 3.31. The standard InChI is InChI=1S/C25H20O4.5C2H6/c1-3-11-18(4-2)24(26)28-21-16-9-14-19-15-10-17-22(23(19)21)29-25(27)20-12-7-5-6-8-13-20;5*1-2/h3-5,7-17H,1-2,6H2;5*1-2H3/b18-11+;;;;;. The van der Waals surface area contributed by atoms with Crippen LogP contribution in [0.15, 0.2) is 109 Å². The van der Waals surface area contributed by atoms with E-state index in [0.717, 1.165) is 11.8 Å². The van der Waals surface area contributed by atoms with Gasteiger partial charge in [0.25, 0.3) is 0 Å². The third kappa shape index (κ3) is 14.0. The molecule has 0 spiro atoms. The van der Waals surface area contributed by atoms with Gasteiger partial charge in [0.15, 0.2) is 0 Å². The van der Waals surface area contributed by atoms with Crippen molar-refractivity contribution in [3.8, 4) is 11.5 Å². The maximum Gasteiger partial charge on any atom is 0.343 e. The average molecular weight is 535 g/mol. The lowest BCUT2D eigenvalue weighted by atomic mass is 10.1. The molecule has 1 aliphatic carbocycles. The van der Waals surface area contributed by atoms with E-state index in [9.17, 15) is 9.59 Å². The zero-order chi connectivity index (χ0) is 30.6. The van der Waals surface area contributed by atoms with Crippen molar-refractivity contribution in [3.63, 3.8) is 0 Å². The molecule has 0 heterocycles. The highest BCUT2D eigenvalue weighted by atomic mass is 16.5. The molecular weight excluding hydrogens is 484 g/mol. The van der Waals surface area contributed by atoms with Crippen molar-refractivity contribution in [2.24, 2.45) is 0 Å². The zero-order valence-corrected chi connectivity index (χ0v) is 25.8. The fraction of sp³-hybridized carbons (Fsp3) is 0.314. The van der Waals surface area contributed by atoms with Crippen LogP contribution in [0.2, 0.25) is 0 Å². The van der Waals surface area contributed by atoms with Gasteiger partial charge in [-0.2, -0.15) is 0 Å². The Hall–Kier alpha value is -3.92. The van der Waals surface area contributed by atoms with Crippen LogP contribution in [0.1, 0.15) is 75.7 Å². The largest absolute Gasteiger partial charge is 0.422 e. The second-order valence-corrected chi connectivity index (χ2v) is 6.14. The molecule has 0 saturated carbocycles. The molecule has 4 nitrogen and oxygen atoms in total. The molecule has 0 amide bonds. The van der Waals surface area contributed by atoms with Crippen molar-refractivity contribution in [3.05, 3.63) is 109 Å². The Morgan fingerprint density at radius 3 is 1.82 bits per heavy atom. The molecule has 0 bridgehead atoms. The van der Waals surface area contributed by atoms with Gasteiger partial charge in [0.2, 0.25) is 0 Å². The lowest BCUT2D eigenvalue weighted by molar-refractivity contribution is -0.130. The number of ether oxygens (including phenoxy) is 2. The summed E-state index contributed by atoms with van der Waals surface area (Å²) < 4.78 is 11.2. The molecular formula is C35H50O4. The molecule has 3 rings (SSSR count). The molecule has 0 saturated heterocycles. The zero-order valence-electron chi connectivity index (χ0n) is 25.8. The maximum absolute atomic E-state index is 12.6. The van der Waals surface area contributed by atoms with E-state index >= 15 is 0 Å². The number of esters is 2. The molecule has 39 heavy (non-hydrogen) atoms. The fourth-order valence-corrected chi connectivity index (χ4v) is 2.82. The Morgan fingerprint density at radius 1 is 0.769 bits per heavy atom. The number of fused-ring (bicyclic) bond motifs is 1. The van der Waals surface area contributed by atoms with Gasteiger partial charge in [0, 0.05) is 0 Å². The summed E-state index contributed by atoms with van der Waals surface area (Å²) in [6.07, 6.45) is 14.2. The molecule has 0 N–H and O–H groups in total. The summed E-state index contributed by atoms with van der Waals surface area (Å²) in [5.41, 5.74) is 0.708. The smallest absolute Gasteiger partial charge is 0.343 e. The van der Waals surface area contributed by atoms with E-state index < -0.39 is 11.9 Å². The maximum atomic E-state index is 12.6. The Balaban J connectivity index is -0.00000116. The molecule has 4 heteroatoms. The van der Waals surface area contributed by atoms with Gasteiger partial charge in [-0.1, -0.05) is 143 Å². The van der Waals surface area contributed by atoms with Gasteiger partial charge in [0.05, 0.1) is 16.5 Å². The van der Waals surface area contributed by atoms with Crippen molar-refractivity contribution in [2.45, 2.75) is 75.7 Å². The lowest BCUT2D eigenvalue weighted by Gasteiger charge is -2.12. The summed E-state index contributed by atoms with van der Waals surface area (Å²) in [5.74, 6) is -0.461. The van der Waals surface area contributed by atoms with Gasteiger partial charge in [-0.25, -0.2) is 9.59 Å². The minimum Gasteiger partial charge on any atom is -0.422 e. The van der Waals surface area contributed by atoms with E-state index in [1.165, 1.54) is 18.2 Å². The van der Waals surface area contributed by atoms with Crippen LogP contribution >= 0.6 is 0 Å². The molecule has 2 aromatic carbocycles. The third-order valence-corrected chi connectivity index (χ3v) is 4.20. The quantitative estimate of drug-likeness (QED) is 0.160. The van der Waals surface area contributed by atoms with E-state index in [1.54, 1.807) is 36.4 Å². The first-order valence-electron chi connectivity index (χ1n) is 14.1. The van der Waals surface area contributed by atoms with E-state index in [4.69, 9.17) is 9.47 Å². The van der Waals surface area contributed by atoms with E-state index in [2.05, 4.69) is 13.2 Å². The van der Waals surface area contributed by atoms with Crippen molar-refractivity contribution in [1.82, 2.24) is 0 Å². The highest BCUT2D eigenvalue weighted by Crippen LogP contribution is 2.35. The summed E-state index contributed by atoms with van der Waals surface area (Å²) in [5, 5.41) is 1.31. The topological polar surface area (TPSA) is 52.6 Å². The number of hydrogen-bond donors (Lipinski definition) is 0. The summed E-state index contributed by atoms with van der Waals surface area (Å²) in [6, 6.07) is 10.6. The second kappa shape index (κ2) is 27.1. The summed E-state index contributed by atoms with van der Waals surface area (Å²) in [6.45, 7) is 27.2. The SMILES string of the molecule is C=C/C=C(\C=C)C(=O)Oc1cccc2cccc(OC(=O)C3=CC=CCC=C3)c12.CC.CC.CC.CC.CC. The number of carbonyl (C=O) groups is 2. The first kappa shape index (κ1) is 39.6. The van der Waals surface area contributed by atoms with E-state index in [1.807, 2.05) is 99.6 Å². The Morgan fingerprint density at radius 2 is 1.31 bits per heavy atom. The summed E-state index contributed by atoms with van der Waals surface area (Å²) >= 11 is 0. The van der Waals surface area contributed by atoms with Crippen molar-refractivity contribution < 1.29 is 19.1 Å². The minimum atomic E-state index is -0.576. The summed E-state index contributed by atoms with van der Waals surface area (Å²) in [4.78, 5) is 25.1. The molecule has 0 radical (unpaired) electrons. The molecule has 214 valence electrons. The van der Waals surface area contributed by atoms with E-state index in [0.29, 0.717) is 16.7 Å². The van der Waals surface area contributed by atoms with Crippen molar-refractivity contribution in [2.75, 3.05) is 0 Å². The van der Waals surface area contributed by atoms with Gasteiger partial charge in [-0.05, 0) is 36.1 Å². The van der Waals surface area contributed by atoms with Crippen LogP contribution in [0.5, 0.6) is 11.5 Å². The monoisotopic (exact) mass is 534 g/mol. The van der Waals surface area contributed by atoms with E-state index in [-0.39, 0.29) is 11.3 Å². The molecule has 0 aromatic heterocycles. The molecule has 0 aliphatic heterocycles. The second-order valence-electron chi connectivity index (χ2n) is 6.14. The normalized spacial score (nSPS) is 10.7. The van der Waals surface area contributed by atoms with Crippen LogP contribution in [-0.2, 0) is 9.59 Å². The Bertz CT molecular complexity index is 1090. The minimum absolute atomic E-state index is 0.270. The van der Waals surface area contributed by atoms with Gasteiger partial charge in [-0.15, -0.1) is 0 Å². The number of hydrogen-bond acceptors (Lipinski definition) is 4. The number of carbonyl (C=O) groups excluding carboxylic acids is 2. The van der Waals surface area contributed by atoms with Crippen LogP contribution < -0.4 is 9.47 Å². The van der Waals surface area contributed by atoms with Crippen molar-refractivity contribution >= 4 is 22.7 Å². The first-order chi connectivity index (χ1) is 19.1. The van der Waals surface area contributed by atoms with Gasteiger partial charge in [0.1, 0.15) is 11.5 Å². The predicted molar refractivity (Wildman–Crippen MR) is 171 cm³/mol. The van der Waals surface area contributed by atoms with Crippen LogP contribution in [-0.4, -0.2) is 11.9 Å². The predicted octanol–water partition coefficient (Wildman–Crippen LogP) is 10.5. The molecule has 0 unspecified atom stereocenters. The highest BCUT2D eigenvalue weighted by Gasteiger charge is 2.17. The number of rotatable bonds is 6. The third-order valence-electron chi connectivity index (χ3n) is 4.20. The highest BCUT2D eigenvalue weighted by molar-refractivity contribution is 6.01. The van der Waals surface area contributed by atoms with Gasteiger partial charge in [-0.3, -0.25) is 0 Å².